The molecule has 0 bridgehead atoms. The summed E-state index contributed by atoms with van der Waals surface area (Å²) in [7, 11) is 1.88. The van der Waals surface area contributed by atoms with Crippen molar-refractivity contribution >= 4 is 29.3 Å². The van der Waals surface area contributed by atoms with Crippen LogP contribution < -0.4 is 5.32 Å². The van der Waals surface area contributed by atoms with Crippen LogP contribution in [0.2, 0.25) is 0 Å². The van der Waals surface area contributed by atoms with Gasteiger partial charge < -0.3 is 10.4 Å². The van der Waals surface area contributed by atoms with Crippen LogP contribution in [0.4, 0.5) is 0 Å². The first-order chi connectivity index (χ1) is 9.01. The van der Waals surface area contributed by atoms with E-state index in [-0.39, 0.29) is 5.91 Å². The quantitative estimate of drug-likeness (QED) is 0.742. The summed E-state index contributed by atoms with van der Waals surface area (Å²) in [5.41, 5.74) is 0. The molecular formula is C13H18N2O3S. The molecule has 0 atom stereocenters. The summed E-state index contributed by atoms with van der Waals surface area (Å²) in [6, 6.07) is 3.82. The third-order valence-corrected chi connectivity index (χ3v) is 3.32. The maximum Gasteiger partial charge on any atom is 0.328 e. The van der Waals surface area contributed by atoms with Gasteiger partial charge in [0.1, 0.15) is 0 Å². The molecule has 0 saturated carbocycles. The summed E-state index contributed by atoms with van der Waals surface area (Å²) >= 11 is 1.52. The van der Waals surface area contributed by atoms with Crippen molar-refractivity contribution in [3.8, 4) is 0 Å². The number of rotatable bonds is 7. The lowest BCUT2D eigenvalue weighted by molar-refractivity contribution is -0.131. The molecule has 5 nitrogen and oxygen atoms in total. The van der Waals surface area contributed by atoms with Gasteiger partial charge in [-0.2, -0.15) is 0 Å². The van der Waals surface area contributed by atoms with Crippen LogP contribution in [0, 0.1) is 0 Å². The number of carbonyl (C=O) groups is 2. The molecule has 0 radical (unpaired) electrons. The van der Waals surface area contributed by atoms with Crippen LogP contribution in [0.25, 0.3) is 6.08 Å². The molecule has 104 valence electrons. The zero-order chi connectivity index (χ0) is 14.3. The molecule has 0 saturated heterocycles. The Morgan fingerprint density at radius 1 is 1.47 bits per heavy atom. The summed E-state index contributed by atoms with van der Waals surface area (Å²) in [6.45, 7) is 3.54. The summed E-state index contributed by atoms with van der Waals surface area (Å²) in [6.07, 6.45) is 2.69. The number of amides is 1. The molecule has 19 heavy (non-hydrogen) atoms. The number of hydrogen-bond acceptors (Lipinski definition) is 4. The van der Waals surface area contributed by atoms with E-state index in [0.717, 1.165) is 15.8 Å². The first-order valence-corrected chi connectivity index (χ1v) is 6.78. The number of nitrogens with zero attached hydrogens (tertiary/aromatic N) is 1. The Balaban J connectivity index is 2.49. The molecular weight excluding hydrogens is 264 g/mol. The second kappa shape index (κ2) is 7.70. The van der Waals surface area contributed by atoms with Gasteiger partial charge in [-0.3, -0.25) is 9.69 Å². The number of carbonyl (C=O) groups excluding carboxylic acids is 1. The van der Waals surface area contributed by atoms with Crippen molar-refractivity contribution in [3.05, 3.63) is 28.0 Å². The van der Waals surface area contributed by atoms with E-state index in [1.165, 1.54) is 11.3 Å². The average Bonchev–Trinajstić information content (AvgIpc) is 2.74. The second-order valence-corrected chi connectivity index (χ2v) is 5.30. The van der Waals surface area contributed by atoms with Crippen molar-refractivity contribution in [1.29, 1.82) is 0 Å². The third kappa shape index (κ3) is 6.17. The van der Waals surface area contributed by atoms with Crippen LogP contribution in [-0.2, 0) is 16.1 Å². The molecule has 6 heteroatoms. The minimum atomic E-state index is -0.955. The number of carboxylic acids is 1. The van der Waals surface area contributed by atoms with Gasteiger partial charge in [-0.25, -0.2) is 4.79 Å². The smallest absolute Gasteiger partial charge is 0.328 e. The summed E-state index contributed by atoms with van der Waals surface area (Å²) in [5.74, 6) is -0.948. The fraction of sp³-hybridized carbons (Fsp3) is 0.385. The molecule has 0 fully saturated rings. The van der Waals surface area contributed by atoms with Crippen molar-refractivity contribution in [2.24, 2.45) is 0 Å². The van der Waals surface area contributed by atoms with E-state index >= 15 is 0 Å². The van der Waals surface area contributed by atoms with Crippen LogP contribution in [0.5, 0.6) is 0 Å². The Kier molecular flexibility index (Phi) is 6.24. The number of carboxylic acid groups (broad SMARTS) is 1. The highest BCUT2D eigenvalue weighted by Gasteiger charge is 2.07. The number of aliphatic carboxylic acids is 1. The number of nitrogens with one attached hydrogen (secondary N) is 1. The Labute approximate surface area is 116 Å². The SMILES string of the molecule is CCNC(=O)CN(C)Cc1ccc(C=CC(=O)O)s1. The molecule has 0 aliphatic rings. The predicted molar refractivity (Wildman–Crippen MR) is 76.0 cm³/mol. The van der Waals surface area contributed by atoms with Gasteiger partial charge in [-0.15, -0.1) is 11.3 Å². The fourth-order valence-corrected chi connectivity index (χ4v) is 2.54. The van der Waals surface area contributed by atoms with Gasteiger partial charge in [0.15, 0.2) is 0 Å². The highest BCUT2D eigenvalue weighted by Crippen LogP contribution is 2.19. The maximum absolute atomic E-state index is 11.4. The first-order valence-electron chi connectivity index (χ1n) is 5.96. The van der Waals surface area contributed by atoms with E-state index in [9.17, 15) is 9.59 Å². The largest absolute Gasteiger partial charge is 0.478 e. The summed E-state index contributed by atoms with van der Waals surface area (Å²) in [5, 5.41) is 11.3. The lowest BCUT2D eigenvalue weighted by atomic mass is 10.3. The van der Waals surface area contributed by atoms with Gasteiger partial charge in [-0.05, 0) is 32.2 Å². The molecule has 1 aromatic rings. The Bertz CT molecular complexity index is 468. The minimum Gasteiger partial charge on any atom is -0.478 e. The zero-order valence-electron chi connectivity index (χ0n) is 11.0. The van der Waals surface area contributed by atoms with Crippen LogP contribution in [0.15, 0.2) is 18.2 Å². The number of thiophene rings is 1. The standard InChI is InChI=1S/C13H18N2O3S/c1-3-14-12(16)9-15(2)8-11-5-4-10(19-11)6-7-13(17)18/h4-7H,3,8-9H2,1-2H3,(H,14,16)(H,17,18). The molecule has 0 unspecified atom stereocenters. The molecule has 0 aromatic carbocycles. The molecule has 1 rings (SSSR count). The lowest BCUT2D eigenvalue weighted by Crippen LogP contribution is -2.34. The predicted octanol–water partition coefficient (Wildman–Crippen LogP) is 1.41. The van der Waals surface area contributed by atoms with Gasteiger partial charge in [0.25, 0.3) is 0 Å². The minimum absolute atomic E-state index is 0.00699. The summed E-state index contributed by atoms with van der Waals surface area (Å²) in [4.78, 5) is 25.7. The highest BCUT2D eigenvalue weighted by atomic mass is 32.1. The van der Waals surface area contributed by atoms with E-state index in [1.54, 1.807) is 6.08 Å². The Morgan fingerprint density at radius 2 is 2.21 bits per heavy atom. The van der Waals surface area contributed by atoms with Crippen LogP contribution in [0.1, 0.15) is 16.7 Å². The monoisotopic (exact) mass is 282 g/mol. The molecule has 1 aromatic heterocycles. The van der Waals surface area contributed by atoms with E-state index in [2.05, 4.69) is 5.32 Å². The Hall–Kier alpha value is -1.66. The van der Waals surface area contributed by atoms with Crippen molar-refractivity contribution in [2.45, 2.75) is 13.5 Å². The van der Waals surface area contributed by atoms with Crippen LogP contribution in [0.3, 0.4) is 0 Å². The number of likely N-dealkylation sites (N-methyl/N-ethyl adjacent to an activating group) is 2. The van der Waals surface area contributed by atoms with Crippen LogP contribution in [-0.4, -0.2) is 42.0 Å². The molecule has 0 spiro atoms. The molecule has 1 amide bonds. The molecule has 0 aliphatic carbocycles. The van der Waals surface area contributed by atoms with Gasteiger partial charge in [-0.1, -0.05) is 0 Å². The average molecular weight is 282 g/mol. The van der Waals surface area contributed by atoms with E-state index < -0.39 is 5.97 Å². The van der Waals surface area contributed by atoms with Crippen LogP contribution >= 0.6 is 11.3 Å². The van der Waals surface area contributed by atoms with E-state index in [4.69, 9.17) is 5.11 Å². The third-order valence-electron chi connectivity index (χ3n) is 2.29. The second-order valence-electron chi connectivity index (χ2n) is 4.10. The van der Waals surface area contributed by atoms with Crippen molar-refractivity contribution in [2.75, 3.05) is 20.1 Å². The topological polar surface area (TPSA) is 69.6 Å². The highest BCUT2D eigenvalue weighted by molar-refractivity contribution is 7.12. The molecule has 1 heterocycles. The Morgan fingerprint density at radius 3 is 2.84 bits per heavy atom. The van der Waals surface area contributed by atoms with Gasteiger partial charge in [0, 0.05) is 28.9 Å². The normalized spacial score (nSPS) is 11.1. The maximum atomic E-state index is 11.4. The summed E-state index contributed by atoms with van der Waals surface area (Å²) < 4.78 is 0. The molecule has 0 aliphatic heterocycles. The van der Waals surface area contributed by atoms with Crippen molar-refractivity contribution in [3.63, 3.8) is 0 Å². The van der Waals surface area contributed by atoms with Crippen molar-refractivity contribution in [1.82, 2.24) is 10.2 Å². The molecule has 2 N–H and O–H groups in total. The van der Waals surface area contributed by atoms with E-state index in [0.29, 0.717) is 19.6 Å². The van der Waals surface area contributed by atoms with Crippen molar-refractivity contribution < 1.29 is 14.7 Å². The van der Waals surface area contributed by atoms with E-state index in [1.807, 2.05) is 31.0 Å². The van der Waals surface area contributed by atoms with Gasteiger partial charge >= 0.3 is 5.97 Å². The zero-order valence-corrected chi connectivity index (χ0v) is 11.9. The fourth-order valence-electron chi connectivity index (χ4n) is 1.54. The van der Waals surface area contributed by atoms with Gasteiger partial charge in [0.05, 0.1) is 6.54 Å². The lowest BCUT2D eigenvalue weighted by Gasteiger charge is -2.14. The first kappa shape index (κ1) is 15.4. The van der Waals surface area contributed by atoms with Gasteiger partial charge in [0.2, 0.25) is 5.91 Å². The number of hydrogen-bond donors (Lipinski definition) is 2.